The number of pyridine rings is 1. The molecule has 2 aliphatic heterocycles. The zero-order chi connectivity index (χ0) is 21.6. The number of amides is 1. The van der Waals surface area contributed by atoms with E-state index in [-0.39, 0.29) is 24.0 Å². The van der Waals surface area contributed by atoms with Crippen LogP contribution >= 0.6 is 11.6 Å². The maximum Gasteiger partial charge on any atom is 0.222 e. The molecule has 2 saturated heterocycles. The summed E-state index contributed by atoms with van der Waals surface area (Å²) in [5.41, 5.74) is 2.00. The van der Waals surface area contributed by atoms with E-state index in [2.05, 4.69) is 25.6 Å². The third-order valence-corrected chi connectivity index (χ3v) is 6.09. The normalized spacial score (nSPS) is 18.9. The molecule has 1 atom stereocenters. The molecule has 2 aromatic rings. The molecule has 8 nitrogen and oxygen atoms in total. The molecule has 4 rings (SSSR count). The van der Waals surface area contributed by atoms with Gasteiger partial charge in [0, 0.05) is 62.4 Å². The van der Waals surface area contributed by atoms with E-state index < -0.39 is 0 Å². The first-order valence-corrected chi connectivity index (χ1v) is 11.2. The third kappa shape index (κ3) is 5.57. The number of hydrogen-bond donors (Lipinski definition) is 2. The minimum absolute atomic E-state index is 0.0458. The lowest BCUT2D eigenvalue weighted by Crippen LogP contribution is -2.35. The zero-order valence-electron chi connectivity index (χ0n) is 17.4. The van der Waals surface area contributed by atoms with Crippen molar-refractivity contribution in [3.8, 4) is 11.3 Å². The molecule has 0 aromatic carbocycles. The standard InChI is InChI=1S/C22H27ClN6O2/c23-18-12-27-16(10-20(30)15-3-1-5-24-11-15)9-17(18)19-13-25-14-21(28-19)26-6-8-29-7-2-4-22(29)31/h9,12-15,24H,1-8,10-11H2,(H,26,28)/t15-/m1/s1. The second-order valence-corrected chi connectivity index (χ2v) is 8.45. The molecule has 2 aliphatic rings. The number of piperidine rings is 1. The number of anilines is 1. The number of nitrogens with one attached hydrogen (secondary N) is 2. The highest BCUT2D eigenvalue weighted by atomic mass is 35.5. The molecule has 0 saturated carbocycles. The average Bonchev–Trinajstić information content (AvgIpc) is 3.20. The summed E-state index contributed by atoms with van der Waals surface area (Å²) in [7, 11) is 0. The van der Waals surface area contributed by atoms with Crippen LogP contribution in [0.2, 0.25) is 5.02 Å². The lowest BCUT2D eigenvalue weighted by Gasteiger charge is -2.21. The van der Waals surface area contributed by atoms with E-state index in [1.165, 1.54) is 0 Å². The maximum absolute atomic E-state index is 12.6. The Bertz CT molecular complexity index is 947. The van der Waals surface area contributed by atoms with Gasteiger partial charge in [-0.15, -0.1) is 0 Å². The van der Waals surface area contributed by atoms with Crippen molar-refractivity contribution in [1.82, 2.24) is 25.2 Å². The van der Waals surface area contributed by atoms with Crippen LogP contribution in [0.4, 0.5) is 5.82 Å². The highest BCUT2D eigenvalue weighted by Crippen LogP contribution is 2.27. The highest BCUT2D eigenvalue weighted by molar-refractivity contribution is 6.33. The van der Waals surface area contributed by atoms with Crippen molar-refractivity contribution in [3.63, 3.8) is 0 Å². The Kier molecular flexibility index (Phi) is 7.09. The highest BCUT2D eigenvalue weighted by Gasteiger charge is 2.22. The number of rotatable bonds is 8. The van der Waals surface area contributed by atoms with Gasteiger partial charge in [0.25, 0.3) is 0 Å². The summed E-state index contributed by atoms with van der Waals surface area (Å²) in [4.78, 5) is 39.4. The van der Waals surface area contributed by atoms with E-state index in [0.29, 0.717) is 47.3 Å². The predicted molar refractivity (Wildman–Crippen MR) is 119 cm³/mol. The Balaban J connectivity index is 1.42. The number of ketones is 1. The topological polar surface area (TPSA) is 100 Å². The number of halogens is 1. The van der Waals surface area contributed by atoms with Crippen LogP contribution in [-0.4, -0.2) is 64.3 Å². The first-order valence-electron chi connectivity index (χ1n) is 10.8. The molecule has 1 amide bonds. The third-order valence-electron chi connectivity index (χ3n) is 5.79. The zero-order valence-corrected chi connectivity index (χ0v) is 18.2. The number of carbonyl (C=O) groups is 2. The summed E-state index contributed by atoms with van der Waals surface area (Å²) < 4.78 is 0. The molecule has 2 N–H and O–H groups in total. The fourth-order valence-corrected chi connectivity index (χ4v) is 4.26. The van der Waals surface area contributed by atoms with Gasteiger partial charge in [-0.1, -0.05) is 11.6 Å². The lowest BCUT2D eigenvalue weighted by molar-refractivity contribution is -0.127. The van der Waals surface area contributed by atoms with Crippen LogP contribution in [0.1, 0.15) is 31.4 Å². The minimum Gasteiger partial charge on any atom is -0.367 e. The van der Waals surface area contributed by atoms with Crippen molar-refractivity contribution >= 4 is 29.1 Å². The first kappa shape index (κ1) is 21.6. The van der Waals surface area contributed by atoms with Gasteiger partial charge in [0.2, 0.25) is 5.91 Å². The van der Waals surface area contributed by atoms with E-state index in [1.807, 2.05) is 11.0 Å². The molecule has 164 valence electrons. The van der Waals surface area contributed by atoms with Gasteiger partial charge in [-0.2, -0.15) is 0 Å². The molecule has 4 heterocycles. The Labute approximate surface area is 186 Å². The Morgan fingerprint density at radius 1 is 1.29 bits per heavy atom. The quantitative estimate of drug-likeness (QED) is 0.647. The number of carbonyl (C=O) groups excluding carboxylic acids is 2. The number of hydrogen-bond acceptors (Lipinski definition) is 7. The van der Waals surface area contributed by atoms with Crippen LogP contribution < -0.4 is 10.6 Å². The number of likely N-dealkylation sites (tertiary alicyclic amines) is 1. The molecule has 0 aliphatic carbocycles. The summed E-state index contributed by atoms with van der Waals surface area (Å²) in [6.07, 6.45) is 8.66. The van der Waals surface area contributed by atoms with Crippen molar-refractivity contribution in [2.75, 3.05) is 38.0 Å². The molecule has 9 heteroatoms. The molecule has 0 unspecified atom stereocenters. The Morgan fingerprint density at radius 2 is 2.19 bits per heavy atom. The minimum atomic E-state index is 0.0458. The molecule has 0 radical (unpaired) electrons. The van der Waals surface area contributed by atoms with Crippen molar-refractivity contribution in [2.45, 2.75) is 32.1 Å². The number of nitrogens with zero attached hydrogens (tertiary/aromatic N) is 4. The average molecular weight is 443 g/mol. The maximum atomic E-state index is 12.6. The summed E-state index contributed by atoms with van der Waals surface area (Å²) in [5.74, 6) is 1.06. The van der Waals surface area contributed by atoms with Gasteiger partial charge in [0.15, 0.2) is 0 Å². The van der Waals surface area contributed by atoms with E-state index in [4.69, 9.17) is 11.6 Å². The summed E-state index contributed by atoms with van der Waals surface area (Å²) in [6, 6.07) is 1.83. The Hall–Kier alpha value is -2.58. The smallest absolute Gasteiger partial charge is 0.222 e. The van der Waals surface area contributed by atoms with Crippen molar-refractivity contribution in [3.05, 3.63) is 35.4 Å². The van der Waals surface area contributed by atoms with Crippen LogP contribution in [-0.2, 0) is 16.0 Å². The molecule has 0 bridgehead atoms. The van der Waals surface area contributed by atoms with Gasteiger partial charge >= 0.3 is 0 Å². The van der Waals surface area contributed by atoms with Crippen LogP contribution in [0.3, 0.4) is 0 Å². The lowest BCUT2D eigenvalue weighted by atomic mass is 9.92. The molecule has 0 spiro atoms. The van der Waals surface area contributed by atoms with Gasteiger partial charge in [0.05, 0.1) is 23.1 Å². The number of Topliss-reactive ketones (excluding diaryl/α,β-unsaturated/α-hetero) is 1. The van der Waals surface area contributed by atoms with E-state index in [9.17, 15) is 9.59 Å². The fourth-order valence-electron chi connectivity index (χ4n) is 4.06. The molecular formula is C22H27ClN6O2. The van der Waals surface area contributed by atoms with Gasteiger partial charge in [-0.3, -0.25) is 19.6 Å². The van der Waals surface area contributed by atoms with Gasteiger partial charge < -0.3 is 15.5 Å². The van der Waals surface area contributed by atoms with Gasteiger partial charge in [0.1, 0.15) is 11.6 Å². The second kappa shape index (κ2) is 10.2. The van der Waals surface area contributed by atoms with Crippen LogP contribution in [0.15, 0.2) is 24.7 Å². The first-order chi connectivity index (χ1) is 15.1. The van der Waals surface area contributed by atoms with E-state index in [1.54, 1.807) is 18.6 Å². The van der Waals surface area contributed by atoms with Crippen molar-refractivity contribution in [2.24, 2.45) is 5.92 Å². The van der Waals surface area contributed by atoms with E-state index in [0.717, 1.165) is 38.9 Å². The predicted octanol–water partition coefficient (Wildman–Crippen LogP) is 2.34. The SMILES string of the molecule is O=C(Cc1cc(-c2cncc(NCCN3CCCC3=O)n2)c(Cl)cn1)[C@@H]1CCCNC1. The molecular weight excluding hydrogens is 416 g/mol. The Morgan fingerprint density at radius 3 is 2.97 bits per heavy atom. The summed E-state index contributed by atoms with van der Waals surface area (Å²) >= 11 is 6.39. The van der Waals surface area contributed by atoms with Crippen LogP contribution in [0.25, 0.3) is 11.3 Å². The fraction of sp³-hybridized carbons (Fsp3) is 0.500. The largest absolute Gasteiger partial charge is 0.367 e. The molecule has 2 aromatic heterocycles. The van der Waals surface area contributed by atoms with Crippen molar-refractivity contribution in [1.29, 1.82) is 0 Å². The molecule has 2 fully saturated rings. The summed E-state index contributed by atoms with van der Waals surface area (Å²) in [6.45, 7) is 3.77. The van der Waals surface area contributed by atoms with E-state index >= 15 is 0 Å². The monoisotopic (exact) mass is 442 g/mol. The van der Waals surface area contributed by atoms with Crippen LogP contribution in [0.5, 0.6) is 0 Å². The van der Waals surface area contributed by atoms with Gasteiger partial charge in [-0.25, -0.2) is 4.98 Å². The van der Waals surface area contributed by atoms with Crippen molar-refractivity contribution < 1.29 is 9.59 Å². The summed E-state index contributed by atoms with van der Waals surface area (Å²) in [5, 5.41) is 6.97. The van der Waals surface area contributed by atoms with Gasteiger partial charge in [-0.05, 0) is 31.9 Å². The number of aromatic nitrogens is 3. The molecule has 31 heavy (non-hydrogen) atoms. The second-order valence-electron chi connectivity index (χ2n) is 8.04. The van der Waals surface area contributed by atoms with Crippen LogP contribution in [0, 0.1) is 5.92 Å².